The number of carbonyl (C=O) groups excluding carboxylic acids is 2. The van der Waals surface area contributed by atoms with Crippen LogP contribution in [0.5, 0.6) is 0 Å². The number of nitrogens with zero attached hydrogens (tertiary/aromatic N) is 3. The molecule has 17 heavy (non-hydrogen) atoms. The van der Waals surface area contributed by atoms with Gasteiger partial charge in [-0.2, -0.15) is 0 Å². The molecule has 0 unspecified atom stereocenters. The zero-order valence-corrected chi connectivity index (χ0v) is 10.5. The van der Waals surface area contributed by atoms with Gasteiger partial charge in [-0.3, -0.25) is 14.5 Å². The van der Waals surface area contributed by atoms with E-state index in [4.69, 9.17) is 0 Å². The van der Waals surface area contributed by atoms with E-state index < -0.39 is 0 Å². The van der Waals surface area contributed by atoms with Crippen molar-refractivity contribution in [2.75, 3.05) is 52.9 Å². The molecule has 1 amide bonds. The van der Waals surface area contributed by atoms with E-state index in [1.54, 1.807) is 0 Å². The minimum absolute atomic E-state index is 0.215. The van der Waals surface area contributed by atoms with Crippen molar-refractivity contribution in [1.29, 1.82) is 0 Å². The Morgan fingerprint density at radius 3 is 2.24 bits per heavy atom. The van der Waals surface area contributed by atoms with Crippen molar-refractivity contribution in [3.8, 4) is 0 Å². The van der Waals surface area contributed by atoms with Crippen LogP contribution in [0.3, 0.4) is 0 Å². The fourth-order valence-electron chi connectivity index (χ4n) is 2.31. The summed E-state index contributed by atoms with van der Waals surface area (Å²) in [6, 6.07) is 0. The molecule has 0 aromatic carbocycles. The van der Waals surface area contributed by atoms with Crippen LogP contribution in [0.4, 0.5) is 0 Å². The SMILES string of the molecule is CN1CCN(C(=O)CN2CCC(=O)CC2)CC1. The molecule has 2 fully saturated rings. The molecule has 2 aliphatic rings. The summed E-state index contributed by atoms with van der Waals surface area (Å²) in [4.78, 5) is 29.4. The minimum Gasteiger partial charge on any atom is -0.339 e. The molecular formula is C12H21N3O2. The summed E-state index contributed by atoms with van der Waals surface area (Å²) < 4.78 is 0. The largest absolute Gasteiger partial charge is 0.339 e. The molecule has 2 rings (SSSR count). The number of piperazine rings is 1. The number of piperidine rings is 1. The second-order valence-corrected chi connectivity index (χ2v) is 5.00. The lowest BCUT2D eigenvalue weighted by atomic mass is 10.1. The van der Waals surface area contributed by atoms with Crippen LogP contribution >= 0.6 is 0 Å². The van der Waals surface area contributed by atoms with Crippen molar-refractivity contribution in [1.82, 2.24) is 14.7 Å². The molecule has 5 nitrogen and oxygen atoms in total. The van der Waals surface area contributed by atoms with Crippen LogP contribution in [0.1, 0.15) is 12.8 Å². The van der Waals surface area contributed by atoms with E-state index in [-0.39, 0.29) is 5.91 Å². The smallest absolute Gasteiger partial charge is 0.236 e. The molecule has 0 bridgehead atoms. The van der Waals surface area contributed by atoms with Gasteiger partial charge in [0.1, 0.15) is 5.78 Å². The molecule has 0 spiro atoms. The molecule has 0 N–H and O–H groups in total. The molecule has 0 aromatic rings. The van der Waals surface area contributed by atoms with Crippen molar-refractivity contribution in [2.45, 2.75) is 12.8 Å². The van der Waals surface area contributed by atoms with Crippen molar-refractivity contribution < 1.29 is 9.59 Å². The molecule has 0 radical (unpaired) electrons. The van der Waals surface area contributed by atoms with Gasteiger partial charge in [0.2, 0.25) is 5.91 Å². The zero-order chi connectivity index (χ0) is 12.3. The second kappa shape index (κ2) is 5.60. The zero-order valence-electron chi connectivity index (χ0n) is 10.5. The van der Waals surface area contributed by atoms with Crippen LogP contribution in [0.15, 0.2) is 0 Å². The normalized spacial score (nSPS) is 24.1. The fourth-order valence-corrected chi connectivity index (χ4v) is 2.31. The molecular weight excluding hydrogens is 218 g/mol. The predicted octanol–water partition coefficient (Wildman–Crippen LogP) is -0.575. The van der Waals surface area contributed by atoms with E-state index in [9.17, 15) is 9.59 Å². The maximum Gasteiger partial charge on any atom is 0.236 e. The first-order valence-corrected chi connectivity index (χ1v) is 6.35. The summed E-state index contributed by atoms with van der Waals surface area (Å²) in [5, 5.41) is 0. The van der Waals surface area contributed by atoms with Crippen molar-refractivity contribution in [2.24, 2.45) is 0 Å². The molecule has 0 aliphatic carbocycles. The maximum absolute atomic E-state index is 12.0. The van der Waals surface area contributed by atoms with Crippen LogP contribution in [-0.4, -0.2) is 79.3 Å². The van der Waals surface area contributed by atoms with Gasteiger partial charge in [-0.05, 0) is 7.05 Å². The summed E-state index contributed by atoms with van der Waals surface area (Å²) in [6.45, 7) is 5.58. The minimum atomic E-state index is 0.215. The summed E-state index contributed by atoms with van der Waals surface area (Å²) in [5.41, 5.74) is 0. The summed E-state index contributed by atoms with van der Waals surface area (Å²) in [7, 11) is 2.08. The number of rotatable bonds is 2. The number of Topliss-reactive ketones (excluding diaryl/α,β-unsaturated/α-hetero) is 1. The Balaban J connectivity index is 1.75. The Hall–Kier alpha value is -0.940. The maximum atomic E-state index is 12.0. The quantitative estimate of drug-likeness (QED) is 0.647. The average Bonchev–Trinajstić information content (AvgIpc) is 2.33. The molecule has 2 saturated heterocycles. The number of hydrogen-bond acceptors (Lipinski definition) is 4. The number of hydrogen-bond donors (Lipinski definition) is 0. The Labute approximate surface area is 102 Å². The molecule has 0 aromatic heterocycles. The van der Waals surface area contributed by atoms with Crippen LogP contribution in [-0.2, 0) is 9.59 Å². The van der Waals surface area contributed by atoms with Gasteiger partial charge in [0.15, 0.2) is 0 Å². The summed E-state index contributed by atoms with van der Waals surface area (Å²) >= 11 is 0. The van der Waals surface area contributed by atoms with E-state index in [1.807, 2.05) is 4.90 Å². The van der Waals surface area contributed by atoms with E-state index in [1.165, 1.54) is 0 Å². The lowest BCUT2D eigenvalue weighted by Gasteiger charge is -2.34. The third-order valence-electron chi connectivity index (χ3n) is 3.63. The van der Waals surface area contributed by atoms with Crippen molar-refractivity contribution in [3.63, 3.8) is 0 Å². The van der Waals surface area contributed by atoms with Crippen LogP contribution < -0.4 is 0 Å². The first-order valence-electron chi connectivity index (χ1n) is 6.35. The van der Waals surface area contributed by atoms with Crippen LogP contribution in [0.25, 0.3) is 0 Å². The first kappa shape index (κ1) is 12.5. The van der Waals surface area contributed by atoms with Gasteiger partial charge >= 0.3 is 0 Å². The molecule has 0 saturated carbocycles. The van der Waals surface area contributed by atoms with E-state index in [0.29, 0.717) is 25.2 Å². The Bertz CT molecular complexity index is 288. The van der Waals surface area contributed by atoms with Gasteiger partial charge in [-0.15, -0.1) is 0 Å². The van der Waals surface area contributed by atoms with Crippen molar-refractivity contribution in [3.05, 3.63) is 0 Å². The van der Waals surface area contributed by atoms with Gasteiger partial charge in [-0.25, -0.2) is 0 Å². The van der Waals surface area contributed by atoms with E-state index in [2.05, 4.69) is 16.8 Å². The number of likely N-dealkylation sites (N-methyl/N-ethyl adjacent to an activating group) is 1. The monoisotopic (exact) mass is 239 g/mol. The fraction of sp³-hybridized carbons (Fsp3) is 0.833. The molecule has 2 aliphatic heterocycles. The van der Waals surface area contributed by atoms with E-state index in [0.717, 1.165) is 39.3 Å². The lowest BCUT2D eigenvalue weighted by molar-refractivity contribution is -0.135. The standard InChI is InChI=1S/C12H21N3O2/c1-13-6-8-15(9-7-13)12(17)10-14-4-2-11(16)3-5-14/h2-10H2,1H3. The Morgan fingerprint density at radius 2 is 1.65 bits per heavy atom. The number of ketones is 1. The van der Waals surface area contributed by atoms with E-state index >= 15 is 0 Å². The van der Waals surface area contributed by atoms with Crippen LogP contribution in [0, 0.1) is 0 Å². The predicted molar refractivity (Wildman–Crippen MR) is 64.8 cm³/mol. The third-order valence-corrected chi connectivity index (χ3v) is 3.63. The van der Waals surface area contributed by atoms with Gasteiger partial charge < -0.3 is 9.80 Å². The van der Waals surface area contributed by atoms with Crippen molar-refractivity contribution >= 4 is 11.7 Å². The van der Waals surface area contributed by atoms with Gasteiger partial charge in [0.25, 0.3) is 0 Å². The molecule has 96 valence electrons. The number of carbonyl (C=O) groups is 2. The average molecular weight is 239 g/mol. The second-order valence-electron chi connectivity index (χ2n) is 5.00. The topological polar surface area (TPSA) is 43.9 Å². The Morgan fingerprint density at radius 1 is 1.06 bits per heavy atom. The third kappa shape index (κ3) is 3.51. The van der Waals surface area contributed by atoms with Gasteiger partial charge in [0, 0.05) is 52.1 Å². The highest BCUT2D eigenvalue weighted by Gasteiger charge is 2.23. The summed E-state index contributed by atoms with van der Waals surface area (Å²) in [5.74, 6) is 0.542. The highest BCUT2D eigenvalue weighted by atomic mass is 16.2. The van der Waals surface area contributed by atoms with Gasteiger partial charge in [0.05, 0.1) is 6.54 Å². The number of likely N-dealkylation sites (tertiary alicyclic amines) is 1. The summed E-state index contributed by atoms with van der Waals surface area (Å²) in [6.07, 6.45) is 1.21. The molecule has 2 heterocycles. The first-order chi connectivity index (χ1) is 8.15. The number of amides is 1. The highest BCUT2D eigenvalue weighted by Crippen LogP contribution is 2.07. The molecule has 5 heteroatoms. The van der Waals surface area contributed by atoms with Gasteiger partial charge in [-0.1, -0.05) is 0 Å². The lowest BCUT2D eigenvalue weighted by Crippen LogP contribution is -2.50. The Kier molecular flexibility index (Phi) is 4.12. The highest BCUT2D eigenvalue weighted by molar-refractivity contribution is 5.81. The molecule has 0 atom stereocenters. The van der Waals surface area contributed by atoms with Crippen LogP contribution in [0.2, 0.25) is 0 Å².